The zero-order chi connectivity index (χ0) is 12.7. The van der Waals surface area contributed by atoms with Crippen LogP contribution in [0.15, 0.2) is 5.16 Å². The van der Waals surface area contributed by atoms with Crippen molar-refractivity contribution in [3.8, 4) is 0 Å². The number of aliphatic hydroxyl groups excluding tert-OH is 1. The van der Waals surface area contributed by atoms with Crippen LogP contribution in [0, 0.1) is 0 Å². The standard InChI is InChI=1S/C10H19N3O4/c11-9(12-16)7-10(15)13-3-1-8(2-4-13)17-6-5-14/h8,14,16H,1-7H2,(H2,11,12). The lowest BCUT2D eigenvalue weighted by Gasteiger charge is -2.31. The van der Waals surface area contributed by atoms with Gasteiger partial charge in [0.2, 0.25) is 5.91 Å². The molecule has 7 heteroatoms. The van der Waals surface area contributed by atoms with Crippen LogP contribution in [0.2, 0.25) is 0 Å². The van der Waals surface area contributed by atoms with Gasteiger partial charge in [-0.25, -0.2) is 0 Å². The Balaban J connectivity index is 2.29. The summed E-state index contributed by atoms with van der Waals surface area (Å²) in [7, 11) is 0. The number of likely N-dealkylation sites (tertiary alicyclic amines) is 1. The first-order chi connectivity index (χ1) is 8.17. The predicted octanol–water partition coefficient (Wildman–Crippen LogP) is -0.877. The molecule has 1 heterocycles. The van der Waals surface area contributed by atoms with Gasteiger partial charge in [0.25, 0.3) is 0 Å². The summed E-state index contributed by atoms with van der Waals surface area (Å²) in [6, 6.07) is 0. The van der Waals surface area contributed by atoms with Crippen LogP contribution in [0.5, 0.6) is 0 Å². The largest absolute Gasteiger partial charge is 0.409 e. The van der Waals surface area contributed by atoms with Gasteiger partial charge in [-0.2, -0.15) is 0 Å². The van der Waals surface area contributed by atoms with Gasteiger partial charge in [0.1, 0.15) is 5.84 Å². The molecule has 0 aliphatic carbocycles. The van der Waals surface area contributed by atoms with Crippen LogP contribution in [-0.4, -0.2) is 59.4 Å². The van der Waals surface area contributed by atoms with Crippen molar-refractivity contribution < 1.29 is 19.8 Å². The molecular formula is C10H19N3O4. The molecule has 1 saturated heterocycles. The van der Waals surface area contributed by atoms with E-state index in [1.165, 1.54) is 0 Å². The van der Waals surface area contributed by atoms with E-state index < -0.39 is 0 Å². The van der Waals surface area contributed by atoms with E-state index in [9.17, 15) is 4.79 Å². The Morgan fingerprint density at radius 2 is 2.12 bits per heavy atom. The number of ether oxygens (including phenoxy) is 1. The molecule has 0 spiro atoms. The summed E-state index contributed by atoms with van der Waals surface area (Å²) in [6.07, 6.45) is 1.55. The molecule has 1 aliphatic rings. The Bertz CT molecular complexity index is 275. The van der Waals surface area contributed by atoms with Gasteiger partial charge in [0, 0.05) is 13.1 Å². The minimum absolute atomic E-state index is 0.0165. The van der Waals surface area contributed by atoms with Crippen LogP contribution in [0.4, 0.5) is 0 Å². The van der Waals surface area contributed by atoms with Crippen molar-refractivity contribution in [2.45, 2.75) is 25.4 Å². The smallest absolute Gasteiger partial charge is 0.230 e. The van der Waals surface area contributed by atoms with Crippen molar-refractivity contribution in [1.29, 1.82) is 0 Å². The molecule has 1 aliphatic heterocycles. The Labute approximate surface area is 99.8 Å². The van der Waals surface area contributed by atoms with Gasteiger partial charge in [0.05, 0.1) is 25.7 Å². The van der Waals surface area contributed by atoms with E-state index in [0.717, 1.165) is 12.8 Å². The van der Waals surface area contributed by atoms with Gasteiger partial charge in [-0.05, 0) is 12.8 Å². The highest BCUT2D eigenvalue weighted by Gasteiger charge is 2.23. The number of nitrogens with zero attached hydrogens (tertiary/aromatic N) is 2. The first-order valence-electron chi connectivity index (χ1n) is 5.64. The quantitative estimate of drug-likeness (QED) is 0.252. The average Bonchev–Trinajstić information content (AvgIpc) is 2.36. The summed E-state index contributed by atoms with van der Waals surface area (Å²) >= 11 is 0. The lowest BCUT2D eigenvalue weighted by Crippen LogP contribution is -2.42. The van der Waals surface area contributed by atoms with Crippen molar-refractivity contribution >= 4 is 11.7 Å². The van der Waals surface area contributed by atoms with E-state index in [-0.39, 0.29) is 30.9 Å². The number of rotatable bonds is 5. The molecular weight excluding hydrogens is 226 g/mol. The second-order valence-corrected chi connectivity index (χ2v) is 3.94. The third kappa shape index (κ3) is 4.58. The molecule has 0 aromatic heterocycles. The van der Waals surface area contributed by atoms with Crippen LogP contribution in [0.3, 0.4) is 0 Å². The number of hydrogen-bond donors (Lipinski definition) is 3. The molecule has 0 radical (unpaired) electrons. The highest BCUT2D eigenvalue weighted by molar-refractivity contribution is 5.98. The Kier molecular flexibility index (Phi) is 5.71. The maximum atomic E-state index is 11.7. The molecule has 0 unspecified atom stereocenters. The van der Waals surface area contributed by atoms with E-state index >= 15 is 0 Å². The molecule has 0 atom stereocenters. The average molecular weight is 245 g/mol. The van der Waals surface area contributed by atoms with Gasteiger partial charge in [-0.3, -0.25) is 4.79 Å². The Morgan fingerprint density at radius 1 is 1.47 bits per heavy atom. The molecule has 1 amide bonds. The van der Waals surface area contributed by atoms with E-state index in [1.54, 1.807) is 4.90 Å². The fourth-order valence-electron chi connectivity index (χ4n) is 1.79. The van der Waals surface area contributed by atoms with Crippen molar-refractivity contribution in [3.63, 3.8) is 0 Å². The Morgan fingerprint density at radius 3 is 2.65 bits per heavy atom. The summed E-state index contributed by atoms with van der Waals surface area (Å²) in [5, 5.41) is 19.8. The number of hydrogen-bond acceptors (Lipinski definition) is 5. The molecule has 17 heavy (non-hydrogen) atoms. The molecule has 0 bridgehead atoms. The minimum Gasteiger partial charge on any atom is -0.409 e. The number of nitrogens with two attached hydrogens (primary N) is 1. The monoisotopic (exact) mass is 245 g/mol. The molecule has 0 aromatic rings. The van der Waals surface area contributed by atoms with Crippen molar-refractivity contribution in [2.75, 3.05) is 26.3 Å². The van der Waals surface area contributed by atoms with E-state index in [1.807, 2.05) is 0 Å². The SMILES string of the molecule is NC(CC(=O)N1CCC(OCCO)CC1)=NO. The maximum Gasteiger partial charge on any atom is 0.230 e. The number of oxime groups is 1. The summed E-state index contributed by atoms with van der Waals surface area (Å²) in [6.45, 7) is 1.56. The minimum atomic E-state index is -0.138. The van der Waals surface area contributed by atoms with Gasteiger partial charge in [-0.15, -0.1) is 0 Å². The summed E-state index contributed by atoms with van der Waals surface area (Å²) < 4.78 is 5.39. The maximum absolute atomic E-state index is 11.7. The van der Waals surface area contributed by atoms with Crippen LogP contribution in [0.25, 0.3) is 0 Å². The zero-order valence-corrected chi connectivity index (χ0v) is 9.71. The number of aliphatic hydroxyl groups is 1. The normalized spacial score (nSPS) is 18.4. The summed E-state index contributed by atoms with van der Waals surface area (Å²) in [5.41, 5.74) is 5.27. The zero-order valence-electron chi connectivity index (χ0n) is 9.71. The third-order valence-corrected chi connectivity index (χ3v) is 2.70. The molecule has 98 valence electrons. The molecule has 0 saturated carbocycles. The van der Waals surface area contributed by atoms with Crippen LogP contribution < -0.4 is 5.73 Å². The number of carbonyl (C=O) groups is 1. The lowest BCUT2D eigenvalue weighted by atomic mass is 10.1. The van der Waals surface area contributed by atoms with Crippen molar-refractivity contribution in [3.05, 3.63) is 0 Å². The molecule has 7 nitrogen and oxygen atoms in total. The van der Waals surface area contributed by atoms with Gasteiger partial charge in [0.15, 0.2) is 0 Å². The second-order valence-electron chi connectivity index (χ2n) is 3.94. The second kappa shape index (κ2) is 7.08. The van der Waals surface area contributed by atoms with Crippen LogP contribution in [0.1, 0.15) is 19.3 Å². The summed E-state index contributed by atoms with van der Waals surface area (Å²) in [5.74, 6) is -0.213. The Hall–Kier alpha value is -1.34. The number of amides is 1. The molecule has 4 N–H and O–H groups in total. The highest BCUT2D eigenvalue weighted by atomic mass is 16.5. The van der Waals surface area contributed by atoms with Crippen LogP contribution >= 0.6 is 0 Å². The molecule has 0 aromatic carbocycles. The number of piperidine rings is 1. The van der Waals surface area contributed by atoms with E-state index in [2.05, 4.69) is 5.16 Å². The first kappa shape index (κ1) is 13.7. The van der Waals surface area contributed by atoms with Crippen molar-refractivity contribution in [2.24, 2.45) is 10.9 Å². The third-order valence-electron chi connectivity index (χ3n) is 2.70. The lowest BCUT2D eigenvalue weighted by molar-refractivity contribution is -0.132. The van der Waals surface area contributed by atoms with Gasteiger partial charge >= 0.3 is 0 Å². The van der Waals surface area contributed by atoms with E-state index in [4.69, 9.17) is 20.8 Å². The number of carbonyl (C=O) groups excluding carboxylic acids is 1. The topological polar surface area (TPSA) is 108 Å². The fourth-order valence-corrected chi connectivity index (χ4v) is 1.79. The van der Waals surface area contributed by atoms with Crippen LogP contribution in [-0.2, 0) is 9.53 Å². The molecule has 1 fully saturated rings. The number of amidine groups is 1. The molecule has 1 rings (SSSR count). The summed E-state index contributed by atoms with van der Waals surface area (Å²) in [4.78, 5) is 13.3. The van der Waals surface area contributed by atoms with Crippen molar-refractivity contribution in [1.82, 2.24) is 4.90 Å². The van der Waals surface area contributed by atoms with Gasteiger partial charge < -0.3 is 25.7 Å². The van der Waals surface area contributed by atoms with E-state index in [0.29, 0.717) is 19.7 Å². The highest BCUT2D eigenvalue weighted by Crippen LogP contribution is 2.14. The van der Waals surface area contributed by atoms with Gasteiger partial charge in [-0.1, -0.05) is 5.16 Å². The fraction of sp³-hybridized carbons (Fsp3) is 0.800. The predicted molar refractivity (Wildman–Crippen MR) is 60.7 cm³/mol. The first-order valence-corrected chi connectivity index (χ1v) is 5.64.